The van der Waals surface area contributed by atoms with E-state index in [1.165, 1.54) is 13.4 Å². The Labute approximate surface area is 98.7 Å². The molecule has 2 aromatic rings. The lowest BCUT2D eigenvalue weighted by molar-refractivity contribution is 0.414. The van der Waals surface area contributed by atoms with E-state index in [0.717, 1.165) is 0 Å². The van der Waals surface area contributed by atoms with E-state index in [2.05, 4.69) is 15.9 Å². The first-order valence-electron chi connectivity index (χ1n) is 4.08. The maximum Gasteiger partial charge on any atom is 0.208 e. The molecule has 0 aliphatic carbocycles. The van der Waals surface area contributed by atoms with Crippen LogP contribution in [0.2, 0.25) is 5.02 Å². The van der Waals surface area contributed by atoms with Crippen molar-refractivity contribution in [1.82, 2.24) is 0 Å². The molecule has 1 heterocycles. The summed E-state index contributed by atoms with van der Waals surface area (Å²) in [6.07, 6.45) is 1.33. The molecule has 0 aliphatic heterocycles. The molecule has 5 heteroatoms. The zero-order valence-electron chi connectivity index (χ0n) is 7.71. The third-order valence-electron chi connectivity index (χ3n) is 2.00. The summed E-state index contributed by atoms with van der Waals surface area (Å²) in [6.45, 7) is 0. The molecule has 0 N–H and O–H groups in total. The molecule has 15 heavy (non-hydrogen) atoms. The topological polar surface area (TPSA) is 39.4 Å². The second-order valence-electron chi connectivity index (χ2n) is 2.90. The highest BCUT2D eigenvalue weighted by atomic mass is 79.9. The fourth-order valence-electron chi connectivity index (χ4n) is 1.28. The van der Waals surface area contributed by atoms with Crippen molar-refractivity contribution in [3.63, 3.8) is 0 Å². The van der Waals surface area contributed by atoms with Crippen LogP contribution in [0, 0.1) is 0 Å². The van der Waals surface area contributed by atoms with Gasteiger partial charge in [-0.25, -0.2) is 0 Å². The van der Waals surface area contributed by atoms with E-state index in [1.54, 1.807) is 12.1 Å². The minimum absolute atomic E-state index is 0.191. The second-order valence-corrected chi connectivity index (χ2v) is 4.16. The highest BCUT2D eigenvalue weighted by Gasteiger charge is 2.10. The molecule has 0 radical (unpaired) electrons. The van der Waals surface area contributed by atoms with Gasteiger partial charge in [-0.05, 0) is 22.0 Å². The van der Waals surface area contributed by atoms with Gasteiger partial charge in [0.25, 0.3) is 0 Å². The minimum Gasteiger partial charge on any atom is -0.497 e. The van der Waals surface area contributed by atoms with Gasteiger partial charge in [0, 0.05) is 6.07 Å². The van der Waals surface area contributed by atoms with Crippen LogP contribution in [-0.2, 0) is 0 Å². The Hall–Kier alpha value is -1.00. The molecule has 0 fully saturated rings. The first-order valence-corrected chi connectivity index (χ1v) is 5.25. The van der Waals surface area contributed by atoms with Crippen molar-refractivity contribution < 1.29 is 9.15 Å². The van der Waals surface area contributed by atoms with Gasteiger partial charge in [0.2, 0.25) is 5.43 Å². The number of halogens is 2. The zero-order valence-corrected chi connectivity index (χ0v) is 10.1. The van der Waals surface area contributed by atoms with Crippen LogP contribution in [0.5, 0.6) is 5.75 Å². The van der Waals surface area contributed by atoms with Gasteiger partial charge >= 0.3 is 0 Å². The van der Waals surface area contributed by atoms with Gasteiger partial charge in [0.15, 0.2) is 0 Å². The van der Waals surface area contributed by atoms with Gasteiger partial charge in [-0.2, -0.15) is 0 Å². The third kappa shape index (κ3) is 1.75. The van der Waals surface area contributed by atoms with Crippen molar-refractivity contribution in [1.29, 1.82) is 0 Å². The number of hydrogen-bond acceptors (Lipinski definition) is 3. The molecular formula is C10H6BrClO3. The number of rotatable bonds is 1. The van der Waals surface area contributed by atoms with Crippen LogP contribution in [0.3, 0.4) is 0 Å². The summed E-state index contributed by atoms with van der Waals surface area (Å²) in [6, 6.07) is 3.20. The van der Waals surface area contributed by atoms with Crippen LogP contribution >= 0.6 is 27.5 Å². The van der Waals surface area contributed by atoms with E-state index >= 15 is 0 Å². The number of methoxy groups -OCH3 is 1. The van der Waals surface area contributed by atoms with Crippen LogP contribution in [0.4, 0.5) is 0 Å². The molecule has 0 aliphatic rings. The van der Waals surface area contributed by atoms with E-state index in [-0.39, 0.29) is 5.43 Å². The Bertz CT molecular complexity index is 577. The van der Waals surface area contributed by atoms with Crippen LogP contribution in [-0.4, -0.2) is 7.11 Å². The summed E-state index contributed by atoms with van der Waals surface area (Å²) in [5.41, 5.74) is 0.219. The summed E-state index contributed by atoms with van der Waals surface area (Å²) in [5, 5.41) is 0.672. The van der Waals surface area contributed by atoms with Crippen molar-refractivity contribution >= 4 is 38.5 Å². The first kappa shape index (κ1) is 10.5. The van der Waals surface area contributed by atoms with Gasteiger partial charge in [0.05, 0.1) is 17.5 Å². The van der Waals surface area contributed by atoms with Crippen molar-refractivity contribution in [3.8, 4) is 5.75 Å². The lowest BCUT2D eigenvalue weighted by Gasteiger charge is -2.03. The Morgan fingerprint density at radius 1 is 1.47 bits per heavy atom. The normalized spacial score (nSPS) is 10.6. The molecule has 1 aromatic heterocycles. The molecule has 0 bridgehead atoms. The molecule has 1 aromatic carbocycles. The monoisotopic (exact) mass is 288 g/mol. The molecule has 3 nitrogen and oxygen atoms in total. The van der Waals surface area contributed by atoms with Gasteiger partial charge in [-0.3, -0.25) is 4.79 Å². The molecule has 78 valence electrons. The quantitative estimate of drug-likeness (QED) is 0.809. The van der Waals surface area contributed by atoms with Crippen LogP contribution in [0.15, 0.2) is 32.1 Å². The van der Waals surface area contributed by atoms with Crippen LogP contribution in [0.25, 0.3) is 11.0 Å². The molecule has 0 unspecified atom stereocenters. The average Bonchev–Trinajstić information content (AvgIpc) is 2.23. The van der Waals surface area contributed by atoms with Crippen LogP contribution in [0.1, 0.15) is 0 Å². The molecule has 0 saturated carbocycles. The summed E-state index contributed by atoms with van der Waals surface area (Å²) in [5.74, 6) is 0.554. The van der Waals surface area contributed by atoms with E-state index in [1.807, 2.05) is 0 Å². The molecular weight excluding hydrogens is 283 g/mol. The SMILES string of the molecule is COc1cc(Cl)c2c(=O)c(Br)coc2c1. The summed E-state index contributed by atoms with van der Waals surface area (Å²) < 4.78 is 10.6. The van der Waals surface area contributed by atoms with E-state index in [9.17, 15) is 4.79 Å². The smallest absolute Gasteiger partial charge is 0.208 e. The fraction of sp³-hybridized carbons (Fsp3) is 0.100. The average molecular weight is 290 g/mol. The molecule has 0 atom stereocenters. The van der Waals surface area contributed by atoms with E-state index in [0.29, 0.717) is 26.2 Å². The van der Waals surface area contributed by atoms with Gasteiger partial charge in [0.1, 0.15) is 22.1 Å². The Kier molecular flexibility index (Phi) is 2.71. The lowest BCUT2D eigenvalue weighted by Crippen LogP contribution is -2.02. The maximum atomic E-state index is 11.7. The number of benzene rings is 1. The first-order chi connectivity index (χ1) is 7.13. The molecule has 0 spiro atoms. The number of fused-ring (bicyclic) bond motifs is 1. The number of ether oxygens (including phenoxy) is 1. The Balaban J connectivity index is 2.92. The van der Waals surface area contributed by atoms with Gasteiger partial charge < -0.3 is 9.15 Å². The van der Waals surface area contributed by atoms with Crippen molar-refractivity contribution in [3.05, 3.63) is 38.1 Å². The van der Waals surface area contributed by atoms with Crippen LogP contribution < -0.4 is 10.2 Å². The van der Waals surface area contributed by atoms with Crippen molar-refractivity contribution in [2.45, 2.75) is 0 Å². The lowest BCUT2D eigenvalue weighted by atomic mass is 10.2. The van der Waals surface area contributed by atoms with E-state index in [4.69, 9.17) is 20.8 Å². The van der Waals surface area contributed by atoms with E-state index < -0.39 is 0 Å². The second kappa shape index (κ2) is 3.87. The zero-order chi connectivity index (χ0) is 11.0. The number of hydrogen-bond donors (Lipinski definition) is 0. The standard InChI is InChI=1S/C10H6BrClO3/c1-14-5-2-7(12)9-8(3-5)15-4-6(11)10(9)13/h2-4H,1H3. The summed E-state index contributed by atoms with van der Waals surface area (Å²) >= 11 is 9.05. The fourth-order valence-corrected chi connectivity index (χ4v) is 1.86. The molecule has 2 rings (SSSR count). The largest absolute Gasteiger partial charge is 0.497 e. The van der Waals surface area contributed by atoms with Gasteiger partial charge in [-0.15, -0.1) is 0 Å². The highest BCUT2D eigenvalue weighted by Crippen LogP contribution is 2.27. The predicted octanol–water partition coefficient (Wildman–Crippen LogP) is 3.22. The predicted molar refractivity (Wildman–Crippen MR) is 61.7 cm³/mol. The van der Waals surface area contributed by atoms with Crippen molar-refractivity contribution in [2.24, 2.45) is 0 Å². The molecule has 0 saturated heterocycles. The minimum atomic E-state index is -0.191. The maximum absolute atomic E-state index is 11.7. The third-order valence-corrected chi connectivity index (χ3v) is 2.84. The highest BCUT2D eigenvalue weighted by molar-refractivity contribution is 9.10. The summed E-state index contributed by atoms with van der Waals surface area (Å²) in [7, 11) is 1.52. The van der Waals surface area contributed by atoms with Gasteiger partial charge in [-0.1, -0.05) is 11.6 Å². The van der Waals surface area contributed by atoms with Crippen molar-refractivity contribution in [2.75, 3.05) is 7.11 Å². The Morgan fingerprint density at radius 3 is 2.87 bits per heavy atom. The Morgan fingerprint density at radius 2 is 2.20 bits per heavy atom. The molecule has 0 amide bonds. The summed E-state index contributed by atoms with van der Waals surface area (Å²) in [4.78, 5) is 11.7.